The van der Waals surface area contributed by atoms with Crippen LogP contribution in [0.2, 0.25) is 5.02 Å². The third-order valence-corrected chi connectivity index (χ3v) is 3.44. The summed E-state index contributed by atoms with van der Waals surface area (Å²) in [5.74, 6) is 1.89. The lowest BCUT2D eigenvalue weighted by molar-refractivity contribution is 0.247. The maximum absolute atomic E-state index is 11.9. The fourth-order valence-corrected chi connectivity index (χ4v) is 2.19. The van der Waals surface area contributed by atoms with E-state index in [-0.39, 0.29) is 6.03 Å². The molecule has 2 aromatic carbocycles. The molecule has 0 aromatic heterocycles. The van der Waals surface area contributed by atoms with Crippen molar-refractivity contribution in [2.75, 3.05) is 32.2 Å². The summed E-state index contributed by atoms with van der Waals surface area (Å²) in [5.41, 5.74) is 0.611. The molecule has 0 spiro atoms. The minimum Gasteiger partial charge on any atom is -0.493 e. The molecule has 7 heteroatoms. The van der Waals surface area contributed by atoms with E-state index in [4.69, 9.17) is 25.8 Å². The summed E-state index contributed by atoms with van der Waals surface area (Å²) in [6.07, 6.45) is 0. The highest BCUT2D eigenvalue weighted by atomic mass is 35.5. The summed E-state index contributed by atoms with van der Waals surface area (Å²) in [6.45, 7) is 3.10. The number of hydrogen-bond acceptors (Lipinski definition) is 4. The molecule has 0 aliphatic rings. The zero-order valence-electron chi connectivity index (χ0n) is 14.2. The quantitative estimate of drug-likeness (QED) is 0.696. The molecule has 0 radical (unpaired) electrons. The van der Waals surface area contributed by atoms with E-state index in [1.807, 2.05) is 6.92 Å². The number of methoxy groups -OCH3 is 1. The van der Waals surface area contributed by atoms with Gasteiger partial charge in [0.1, 0.15) is 12.4 Å². The lowest BCUT2D eigenvalue weighted by Crippen LogP contribution is -2.32. The first kappa shape index (κ1) is 18.7. The number of urea groups is 1. The first-order chi connectivity index (χ1) is 12.1. The first-order valence-electron chi connectivity index (χ1n) is 7.86. The van der Waals surface area contributed by atoms with Gasteiger partial charge in [0.15, 0.2) is 11.5 Å². The van der Waals surface area contributed by atoms with E-state index in [1.54, 1.807) is 49.6 Å². The van der Waals surface area contributed by atoms with E-state index in [0.29, 0.717) is 47.7 Å². The van der Waals surface area contributed by atoms with Crippen LogP contribution < -0.4 is 24.8 Å². The highest BCUT2D eigenvalue weighted by Gasteiger charge is 2.07. The Kier molecular flexibility index (Phi) is 7.22. The average Bonchev–Trinajstić information content (AvgIpc) is 2.61. The molecule has 0 bridgehead atoms. The molecule has 0 aliphatic heterocycles. The second-order valence-corrected chi connectivity index (χ2v) is 5.42. The fourth-order valence-electron chi connectivity index (χ4n) is 2.06. The van der Waals surface area contributed by atoms with Crippen LogP contribution in [0.1, 0.15) is 6.92 Å². The molecule has 6 nitrogen and oxygen atoms in total. The monoisotopic (exact) mass is 364 g/mol. The first-order valence-corrected chi connectivity index (χ1v) is 8.24. The predicted molar refractivity (Wildman–Crippen MR) is 98.1 cm³/mol. The Balaban J connectivity index is 1.78. The molecule has 0 saturated heterocycles. The van der Waals surface area contributed by atoms with E-state index in [2.05, 4.69) is 10.6 Å². The molecule has 2 rings (SSSR count). The Morgan fingerprint density at radius 1 is 1.08 bits per heavy atom. The van der Waals surface area contributed by atoms with Gasteiger partial charge in [-0.05, 0) is 43.3 Å². The van der Waals surface area contributed by atoms with Crippen LogP contribution in [0.25, 0.3) is 0 Å². The van der Waals surface area contributed by atoms with Gasteiger partial charge >= 0.3 is 6.03 Å². The summed E-state index contributed by atoms with van der Waals surface area (Å²) in [4.78, 5) is 11.9. The van der Waals surface area contributed by atoms with Gasteiger partial charge in [0, 0.05) is 16.8 Å². The molecule has 134 valence electrons. The maximum atomic E-state index is 11.9. The van der Waals surface area contributed by atoms with Crippen molar-refractivity contribution in [3.8, 4) is 17.2 Å². The third-order valence-electron chi connectivity index (χ3n) is 3.19. The number of carbonyl (C=O) groups excluding carboxylic acids is 1. The van der Waals surface area contributed by atoms with Gasteiger partial charge in [-0.15, -0.1) is 0 Å². The molecule has 0 aliphatic carbocycles. The van der Waals surface area contributed by atoms with Crippen LogP contribution in [-0.4, -0.2) is 32.9 Å². The molecular weight excluding hydrogens is 344 g/mol. The van der Waals surface area contributed by atoms with Gasteiger partial charge < -0.3 is 24.8 Å². The highest BCUT2D eigenvalue weighted by molar-refractivity contribution is 6.30. The molecule has 2 amide bonds. The van der Waals surface area contributed by atoms with Crippen LogP contribution in [0.4, 0.5) is 10.5 Å². The molecule has 0 saturated carbocycles. The van der Waals surface area contributed by atoms with E-state index in [0.717, 1.165) is 0 Å². The van der Waals surface area contributed by atoms with Crippen molar-refractivity contribution in [1.82, 2.24) is 5.32 Å². The van der Waals surface area contributed by atoms with Gasteiger partial charge in [0.2, 0.25) is 0 Å². The summed E-state index contributed by atoms with van der Waals surface area (Å²) in [7, 11) is 1.57. The van der Waals surface area contributed by atoms with Crippen LogP contribution in [0.15, 0.2) is 42.5 Å². The lowest BCUT2D eigenvalue weighted by atomic mass is 10.2. The van der Waals surface area contributed by atoms with E-state index < -0.39 is 0 Å². The molecule has 25 heavy (non-hydrogen) atoms. The zero-order valence-corrected chi connectivity index (χ0v) is 14.9. The predicted octanol–water partition coefficient (Wildman–Crippen LogP) is 3.95. The lowest BCUT2D eigenvalue weighted by Gasteiger charge is -2.12. The van der Waals surface area contributed by atoms with E-state index in [9.17, 15) is 4.79 Å². The van der Waals surface area contributed by atoms with Crippen molar-refractivity contribution in [2.24, 2.45) is 0 Å². The van der Waals surface area contributed by atoms with Gasteiger partial charge in [-0.25, -0.2) is 4.79 Å². The fraction of sp³-hybridized carbons (Fsp3) is 0.278. The SMILES string of the molecule is CCOc1cc(NC(=O)NCCOc2ccc(Cl)cc2)ccc1OC. The Morgan fingerprint density at radius 3 is 2.52 bits per heavy atom. The number of ether oxygens (including phenoxy) is 3. The number of nitrogens with one attached hydrogen (secondary N) is 2. The van der Waals surface area contributed by atoms with E-state index in [1.165, 1.54) is 0 Å². The number of rotatable bonds is 8. The minimum absolute atomic E-state index is 0.327. The highest BCUT2D eigenvalue weighted by Crippen LogP contribution is 2.30. The Labute approximate surface area is 152 Å². The Hall–Kier alpha value is -2.60. The van der Waals surface area contributed by atoms with Crippen molar-refractivity contribution >= 4 is 23.3 Å². The number of halogens is 1. The van der Waals surface area contributed by atoms with Gasteiger partial charge in [-0.1, -0.05) is 11.6 Å². The van der Waals surface area contributed by atoms with Gasteiger partial charge in [-0.2, -0.15) is 0 Å². The molecule has 2 N–H and O–H groups in total. The van der Waals surface area contributed by atoms with Crippen molar-refractivity contribution in [3.63, 3.8) is 0 Å². The van der Waals surface area contributed by atoms with Crippen molar-refractivity contribution in [1.29, 1.82) is 0 Å². The summed E-state index contributed by atoms with van der Waals surface area (Å²) in [5, 5.41) is 6.11. The van der Waals surface area contributed by atoms with Gasteiger partial charge in [-0.3, -0.25) is 0 Å². The van der Waals surface area contributed by atoms with Crippen molar-refractivity contribution < 1.29 is 19.0 Å². The second-order valence-electron chi connectivity index (χ2n) is 4.98. The largest absolute Gasteiger partial charge is 0.493 e. The van der Waals surface area contributed by atoms with Crippen LogP contribution in [-0.2, 0) is 0 Å². The molecule has 0 atom stereocenters. The molecule has 2 aromatic rings. The topological polar surface area (TPSA) is 68.8 Å². The minimum atomic E-state index is -0.327. The standard InChI is InChI=1S/C18H21ClN2O4/c1-3-24-17-12-14(6-9-16(17)23-2)21-18(22)20-10-11-25-15-7-4-13(19)5-8-15/h4-9,12H,3,10-11H2,1-2H3,(H2,20,21,22). The Bertz CT molecular complexity index is 692. The van der Waals surface area contributed by atoms with Crippen LogP contribution in [0.5, 0.6) is 17.2 Å². The van der Waals surface area contributed by atoms with Gasteiger partial charge in [0.25, 0.3) is 0 Å². The number of anilines is 1. The van der Waals surface area contributed by atoms with E-state index >= 15 is 0 Å². The third kappa shape index (κ3) is 6.08. The average molecular weight is 365 g/mol. The van der Waals surface area contributed by atoms with Crippen LogP contribution in [0.3, 0.4) is 0 Å². The smallest absolute Gasteiger partial charge is 0.319 e. The van der Waals surface area contributed by atoms with Gasteiger partial charge in [0.05, 0.1) is 20.3 Å². The van der Waals surface area contributed by atoms with Crippen LogP contribution in [0, 0.1) is 0 Å². The van der Waals surface area contributed by atoms with Crippen LogP contribution >= 0.6 is 11.6 Å². The summed E-state index contributed by atoms with van der Waals surface area (Å²) in [6, 6.07) is 11.9. The molecule has 0 unspecified atom stereocenters. The second kappa shape index (κ2) is 9.64. The number of benzene rings is 2. The zero-order chi connectivity index (χ0) is 18.1. The molecule has 0 heterocycles. The summed E-state index contributed by atoms with van der Waals surface area (Å²) >= 11 is 5.80. The van der Waals surface area contributed by atoms with Crippen molar-refractivity contribution in [3.05, 3.63) is 47.5 Å². The van der Waals surface area contributed by atoms with Crippen molar-refractivity contribution in [2.45, 2.75) is 6.92 Å². The number of carbonyl (C=O) groups is 1. The maximum Gasteiger partial charge on any atom is 0.319 e. The normalized spacial score (nSPS) is 10.0. The number of amides is 2. The summed E-state index contributed by atoms with van der Waals surface area (Å²) < 4.78 is 16.2. The molecule has 0 fully saturated rings. The number of hydrogen-bond donors (Lipinski definition) is 2. The molecular formula is C18H21ClN2O4. The Morgan fingerprint density at radius 2 is 1.84 bits per heavy atom.